The standard InChI is InChI=1S/C14H18N2O5/c1-9-8-16(5-2-6-21-9)14(20)15-10-3-4-12(17)11(7-10)13(18)19/h3-4,7,9,17H,2,5-6,8H2,1H3,(H,15,20)(H,18,19). The normalized spacial score (nSPS) is 18.9. The molecule has 0 radical (unpaired) electrons. The van der Waals surface area contributed by atoms with Gasteiger partial charge in [0, 0.05) is 25.4 Å². The van der Waals surface area contributed by atoms with Gasteiger partial charge < -0.3 is 25.2 Å². The molecule has 1 fully saturated rings. The molecule has 0 aromatic heterocycles. The number of benzene rings is 1. The Morgan fingerprint density at radius 3 is 2.90 bits per heavy atom. The van der Waals surface area contributed by atoms with E-state index in [2.05, 4.69) is 5.32 Å². The van der Waals surface area contributed by atoms with Crippen molar-refractivity contribution in [3.8, 4) is 5.75 Å². The number of anilines is 1. The van der Waals surface area contributed by atoms with E-state index in [0.717, 1.165) is 6.42 Å². The molecule has 1 heterocycles. The minimum atomic E-state index is -1.25. The molecule has 2 amide bonds. The van der Waals surface area contributed by atoms with Gasteiger partial charge in [-0.3, -0.25) is 0 Å². The lowest BCUT2D eigenvalue weighted by atomic mass is 10.2. The molecule has 1 aromatic rings. The highest BCUT2D eigenvalue weighted by atomic mass is 16.5. The molecule has 7 heteroatoms. The smallest absolute Gasteiger partial charge is 0.339 e. The monoisotopic (exact) mass is 294 g/mol. The van der Waals surface area contributed by atoms with Crippen molar-refractivity contribution in [2.75, 3.05) is 25.0 Å². The van der Waals surface area contributed by atoms with Crippen LogP contribution in [0, 0.1) is 0 Å². The fraction of sp³-hybridized carbons (Fsp3) is 0.429. The largest absolute Gasteiger partial charge is 0.507 e. The Bertz CT molecular complexity index is 546. The molecule has 1 aliphatic rings. The van der Waals surface area contributed by atoms with E-state index < -0.39 is 5.97 Å². The zero-order valence-corrected chi connectivity index (χ0v) is 11.7. The van der Waals surface area contributed by atoms with E-state index in [1.165, 1.54) is 18.2 Å². The van der Waals surface area contributed by atoms with E-state index in [9.17, 15) is 14.7 Å². The number of ether oxygens (including phenoxy) is 1. The molecule has 1 aliphatic heterocycles. The summed E-state index contributed by atoms with van der Waals surface area (Å²) in [6.07, 6.45) is 0.723. The second kappa shape index (κ2) is 6.45. The number of carboxylic acid groups (broad SMARTS) is 1. The summed E-state index contributed by atoms with van der Waals surface area (Å²) in [5.74, 6) is -1.59. The van der Waals surface area contributed by atoms with Crippen LogP contribution in [0.5, 0.6) is 5.75 Å². The fourth-order valence-electron chi connectivity index (χ4n) is 2.17. The van der Waals surface area contributed by atoms with E-state index in [-0.39, 0.29) is 23.4 Å². The molecule has 2 rings (SSSR count). The highest BCUT2D eigenvalue weighted by Crippen LogP contribution is 2.21. The maximum Gasteiger partial charge on any atom is 0.339 e. The number of hydrogen-bond donors (Lipinski definition) is 3. The van der Waals surface area contributed by atoms with Crippen LogP contribution < -0.4 is 5.32 Å². The highest BCUT2D eigenvalue weighted by Gasteiger charge is 2.20. The molecule has 1 unspecified atom stereocenters. The number of amides is 2. The number of urea groups is 1. The van der Waals surface area contributed by atoms with Crippen LogP contribution >= 0.6 is 0 Å². The molecule has 1 saturated heterocycles. The quantitative estimate of drug-likeness (QED) is 0.721. The van der Waals surface area contributed by atoms with Gasteiger partial charge in [0.2, 0.25) is 0 Å². The van der Waals surface area contributed by atoms with Crippen LogP contribution in [0.1, 0.15) is 23.7 Å². The predicted octanol–water partition coefficient (Wildman–Crippen LogP) is 1.73. The zero-order valence-electron chi connectivity index (χ0n) is 11.7. The van der Waals surface area contributed by atoms with Crippen LogP contribution in [0.4, 0.5) is 10.5 Å². The average molecular weight is 294 g/mol. The van der Waals surface area contributed by atoms with Crippen molar-refractivity contribution in [1.29, 1.82) is 0 Å². The molecular weight excluding hydrogens is 276 g/mol. The third-order valence-electron chi connectivity index (χ3n) is 3.22. The highest BCUT2D eigenvalue weighted by molar-refractivity contribution is 5.95. The molecule has 0 saturated carbocycles. The Balaban J connectivity index is 2.08. The van der Waals surface area contributed by atoms with E-state index >= 15 is 0 Å². The van der Waals surface area contributed by atoms with E-state index in [1.807, 2.05) is 6.92 Å². The Kier molecular flexibility index (Phi) is 4.64. The SMILES string of the molecule is CC1CN(C(=O)Nc2ccc(O)c(C(=O)O)c2)CCCO1. The second-order valence-electron chi connectivity index (χ2n) is 4.95. The summed E-state index contributed by atoms with van der Waals surface area (Å²) in [6, 6.07) is 3.62. The summed E-state index contributed by atoms with van der Waals surface area (Å²) >= 11 is 0. The van der Waals surface area contributed by atoms with Crippen LogP contribution in [-0.4, -0.2) is 52.9 Å². The molecule has 1 aromatic carbocycles. The minimum absolute atomic E-state index is 0.0346. The predicted molar refractivity (Wildman–Crippen MR) is 75.7 cm³/mol. The van der Waals surface area contributed by atoms with Gasteiger partial charge in [-0.15, -0.1) is 0 Å². The molecule has 0 bridgehead atoms. The van der Waals surface area contributed by atoms with Gasteiger partial charge in [-0.2, -0.15) is 0 Å². The number of carboxylic acids is 1. The van der Waals surface area contributed by atoms with Gasteiger partial charge in [-0.05, 0) is 31.5 Å². The van der Waals surface area contributed by atoms with Crippen LogP contribution in [0.25, 0.3) is 0 Å². The summed E-state index contributed by atoms with van der Waals surface area (Å²) in [4.78, 5) is 24.8. The Morgan fingerprint density at radius 1 is 1.43 bits per heavy atom. The van der Waals surface area contributed by atoms with Crippen molar-refractivity contribution < 1.29 is 24.5 Å². The number of phenols is 1. The topological polar surface area (TPSA) is 99.1 Å². The van der Waals surface area contributed by atoms with Crippen molar-refractivity contribution in [3.05, 3.63) is 23.8 Å². The third kappa shape index (κ3) is 3.85. The van der Waals surface area contributed by atoms with Gasteiger partial charge in [0.1, 0.15) is 11.3 Å². The van der Waals surface area contributed by atoms with Crippen molar-refractivity contribution in [3.63, 3.8) is 0 Å². The number of carbonyl (C=O) groups is 2. The second-order valence-corrected chi connectivity index (χ2v) is 4.95. The Labute approximate surface area is 122 Å². The van der Waals surface area contributed by atoms with Gasteiger partial charge in [0.05, 0.1) is 6.10 Å². The van der Waals surface area contributed by atoms with Crippen molar-refractivity contribution in [2.45, 2.75) is 19.4 Å². The number of aromatic hydroxyl groups is 1. The molecule has 1 atom stereocenters. The van der Waals surface area contributed by atoms with Gasteiger partial charge in [-0.1, -0.05) is 0 Å². The van der Waals surface area contributed by atoms with Gasteiger partial charge in [0.15, 0.2) is 0 Å². The number of aromatic carboxylic acids is 1. The Morgan fingerprint density at radius 2 is 2.19 bits per heavy atom. The van der Waals surface area contributed by atoms with E-state index in [0.29, 0.717) is 25.4 Å². The zero-order chi connectivity index (χ0) is 15.4. The summed E-state index contributed by atoms with van der Waals surface area (Å²) in [6.45, 7) is 3.58. The maximum atomic E-state index is 12.2. The van der Waals surface area contributed by atoms with Crippen molar-refractivity contribution in [1.82, 2.24) is 4.90 Å². The molecule has 114 valence electrons. The molecule has 7 nitrogen and oxygen atoms in total. The van der Waals surface area contributed by atoms with E-state index in [1.54, 1.807) is 4.90 Å². The minimum Gasteiger partial charge on any atom is -0.507 e. The first kappa shape index (κ1) is 15.1. The number of nitrogens with one attached hydrogen (secondary N) is 1. The Hall–Kier alpha value is -2.28. The first-order valence-corrected chi connectivity index (χ1v) is 6.71. The van der Waals surface area contributed by atoms with E-state index in [4.69, 9.17) is 9.84 Å². The maximum absolute atomic E-state index is 12.2. The van der Waals surface area contributed by atoms with Gasteiger partial charge >= 0.3 is 12.0 Å². The number of rotatable bonds is 2. The summed E-state index contributed by atoms with van der Waals surface area (Å²) < 4.78 is 5.47. The van der Waals surface area contributed by atoms with Gasteiger partial charge in [0.25, 0.3) is 0 Å². The van der Waals surface area contributed by atoms with Crippen LogP contribution in [-0.2, 0) is 4.74 Å². The van der Waals surface area contributed by atoms with Crippen LogP contribution in [0.15, 0.2) is 18.2 Å². The summed E-state index contributed by atoms with van der Waals surface area (Å²) in [5.41, 5.74) is 0.0772. The van der Waals surface area contributed by atoms with Gasteiger partial charge in [-0.25, -0.2) is 9.59 Å². The number of nitrogens with zero attached hydrogens (tertiary/aromatic N) is 1. The first-order valence-electron chi connectivity index (χ1n) is 6.71. The summed E-state index contributed by atoms with van der Waals surface area (Å²) in [5, 5.41) is 21.0. The molecule has 21 heavy (non-hydrogen) atoms. The average Bonchev–Trinajstić information content (AvgIpc) is 2.65. The molecular formula is C14H18N2O5. The first-order chi connectivity index (χ1) is 9.97. The van der Waals surface area contributed by atoms with Crippen molar-refractivity contribution >= 4 is 17.7 Å². The lowest BCUT2D eigenvalue weighted by Crippen LogP contribution is -2.38. The number of carbonyl (C=O) groups excluding carboxylic acids is 1. The van der Waals surface area contributed by atoms with Crippen LogP contribution in [0.3, 0.4) is 0 Å². The number of hydrogen-bond acceptors (Lipinski definition) is 4. The lowest BCUT2D eigenvalue weighted by molar-refractivity contribution is 0.0693. The summed E-state index contributed by atoms with van der Waals surface area (Å²) in [7, 11) is 0. The molecule has 0 aliphatic carbocycles. The third-order valence-corrected chi connectivity index (χ3v) is 3.22. The van der Waals surface area contributed by atoms with Crippen LogP contribution in [0.2, 0.25) is 0 Å². The molecule has 3 N–H and O–H groups in total. The van der Waals surface area contributed by atoms with Crippen molar-refractivity contribution in [2.24, 2.45) is 0 Å². The fourth-order valence-corrected chi connectivity index (χ4v) is 2.17. The molecule has 0 spiro atoms. The lowest BCUT2D eigenvalue weighted by Gasteiger charge is -2.22.